The van der Waals surface area contributed by atoms with Gasteiger partial charge in [-0.2, -0.15) is 31.4 Å². The first-order chi connectivity index (χ1) is 16.6. The van der Waals surface area contributed by atoms with E-state index in [-0.39, 0.29) is 0 Å². The summed E-state index contributed by atoms with van der Waals surface area (Å²) in [6.45, 7) is 5.23. The minimum Gasteiger partial charge on any atom is -0.475 e. The first-order valence-corrected chi connectivity index (χ1v) is 10.5. The smallest absolute Gasteiger partial charge is 0.475 e. The number of piperidine rings is 1. The number of carboxylic acid groups (broad SMARTS) is 2. The van der Waals surface area contributed by atoms with Gasteiger partial charge in [-0.25, -0.2) is 9.59 Å². The highest BCUT2D eigenvalue weighted by Crippen LogP contribution is 2.46. The lowest BCUT2D eigenvalue weighted by atomic mass is 9.74. The van der Waals surface area contributed by atoms with E-state index in [1.165, 1.54) is 24.1 Å². The lowest BCUT2D eigenvalue weighted by molar-refractivity contribution is -0.193. The Hall–Kier alpha value is -3.58. The molecule has 0 saturated carbocycles. The molecule has 0 unspecified atom stereocenters. The second-order valence-corrected chi connectivity index (χ2v) is 8.28. The van der Waals surface area contributed by atoms with Gasteiger partial charge in [-0.15, -0.1) is 5.10 Å². The maximum atomic E-state index is 10.6. The van der Waals surface area contributed by atoms with E-state index in [1.54, 1.807) is 0 Å². The number of aryl methyl sites for hydroxylation is 1. The van der Waals surface area contributed by atoms with E-state index in [0.717, 1.165) is 31.1 Å². The summed E-state index contributed by atoms with van der Waals surface area (Å²) in [5.74, 6) is -4.50. The molecule has 4 rings (SSSR count). The molecule has 0 bridgehead atoms. The lowest BCUT2D eigenvalue weighted by Crippen LogP contribution is -2.45. The van der Waals surface area contributed by atoms with Gasteiger partial charge in [0.05, 0.1) is 5.69 Å². The van der Waals surface area contributed by atoms with Crippen molar-refractivity contribution in [3.05, 3.63) is 47.7 Å². The van der Waals surface area contributed by atoms with Gasteiger partial charge in [0.25, 0.3) is 0 Å². The van der Waals surface area contributed by atoms with E-state index < -0.39 is 24.3 Å². The van der Waals surface area contributed by atoms with E-state index in [2.05, 4.69) is 57.4 Å². The molecule has 3 heterocycles. The number of hydrogen-bond acceptors (Lipinski definition) is 6. The third-order valence-electron chi connectivity index (χ3n) is 5.74. The van der Waals surface area contributed by atoms with Crippen molar-refractivity contribution in [2.45, 2.75) is 37.5 Å². The topological polar surface area (TPSA) is 107 Å². The predicted molar refractivity (Wildman–Crippen MR) is 117 cm³/mol. The normalized spacial score (nSPS) is 16.3. The second kappa shape index (κ2) is 11.0. The number of halogens is 6. The zero-order valence-electron chi connectivity index (χ0n) is 19.3. The van der Waals surface area contributed by atoms with Crippen molar-refractivity contribution in [3.63, 3.8) is 0 Å². The van der Waals surface area contributed by atoms with Crippen LogP contribution in [0, 0.1) is 6.92 Å². The Balaban J connectivity index is 0.000000271. The van der Waals surface area contributed by atoms with Crippen LogP contribution in [0.2, 0.25) is 0 Å². The molecule has 0 aliphatic carbocycles. The van der Waals surface area contributed by atoms with Crippen LogP contribution < -0.4 is 9.80 Å². The van der Waals surface area contributed by atoms with Gasteiger partial charge in [0.1, 0.15) is 0 Å². The fourth-order valence-electron chi connectivity index (χ4n) is 4.03. The van der Waals surface area contributed by atoms with E-state index in [4.69, 9.17) is 19.8 Å². The first-order valence-electron chi connectivity index (χ1n) is 10.5. The molecule has 1 aromatic heterocycles. The number of aromatic nitrogens is 2. The van der Waals surface area contributed by atoms with Crippen LogP contribution in [0.3, 0.4) is 0 Å². The summed E-state index contributed by atoms with van der Waals surface area (Å²) in [4.78, 5) is 22.6. The summed E-state index contributed by atoms with van der Waals surface area (Å²) in [5, 5.41) is 22.8. The van der Waals surface area contributed by atoms with E-state index >= 15 is 0 Å². The molecule has 2 aliphatic heterocycles. The molecule has 1 saturated heterocycles. The quantitative estimate of drug-likeness (QED) is 0.541. The average Bonchev–Trinajstić information content (AvgIpc) is 3.06. The van der Waals surface area contributed by atoms with Gasteiger partial charge in [-0.1, -0.05) is 18.2 Å². The van der Waals surface area contributed by atoms with Crippen LogP contribution in [0.5, 0.6) is 0 Å². The summed E-state index contributed by atoms with van der Waals surface area (Å²) in [7, 11) is 2.21. The Morgan fingerprint density at radius 2 is 1.39 bits per heavy atom. The fourth-order valence-corrected chi connectivity index (χ4v) is 4.03. The van der Waals surface area contributed by atoms with Crippen LogP contribution in [0.15, 0.2) is 36.4 Å². The number of carbonyl (C=O) groups is 2. The van der Waals surface area contributed by atoms with Gasteiger partial charge in [0, 0.05) is 37.8 Å². The molecule has 0 atom stereocenters. The van der Waals surface area contributed by atoms with Crippen molar-refractivity contribution >= 4 is 23.4 Å². The molecule has 14 heteroatoms. The molecule has 2 aromatic rings. The maximum absolute atomic E-state index is 10.6. The molecular weight excluding hydrogens is 498 g/mol. The third kappa shape index (κ3) is 7.21. The SMILES string of the molecule is Cc1ccc(N2CCC3(CC2)CN(C)c2ccccc23)nn1.O=C(O)C(F)(F)F.O=C(O)C(F)(F)F. The number of hydrogen-bond donors (Lipinski definition) is 2. The summed E-state index contributed by atoms with van der Waals surface area (Å²) in [6, 6.07) is 13.0. The number of likely N-dealkylation sites (N-methyl/N-ethyl adjacent to an activating group) is 1. The fraction of sp³-hybridized carbons (Fsp3) is 0.455. The van der Waals surface area contributed by atoms with Gasteiger partial charge >= 0.3 is 24.3 Å². The highest BCUT2D eigenvalue weighted by Gasteiger charge is 2.43. The molecule has 0 amide bonds. The summed E-state index contributed by atoms with van der Waals surface area (Å²) in [5.41, 5.74) is 4.24. The third-order valence-corrected chi connectivity index (χ3v) is 5.74. The van der Waals surface area contributed by atoms with Gasteiger partial charge in [0.15, 0.2) is 5.82 Å². The van der Waals surface area contributed by atoms with Crippen molar-refractivity contribution in [1.82, 2.24) is 10.2 Å². The van der Waals surface area contributed by atoms with Gasteiger partial charge < -0.3 is 20.0 Å². The summed E-state index contributed by atoms with van der Waals surface area (Å²) < 4.78 is 63.5. The Morgan fingerprint density at radius 3 is 1.83 bits per heavy atom. The van der Waals surface area contributed by atoms with Crippen LogP contribution in [0.1, 0.15) is 24.1 Å². The second-order valence-electron chi connectivity index (χ2n) is 8.28. The molecule has 1 spiro atoms. The molecule has 0 radical (unpaired) electrons. The highest BCUT2D eigenvalue weighted by atomic mass is 19.4. The van der Waals surface area contributed by atoms with Crippen molar-refractivity contribution in [3.8, 4) is 0 Å². The Labute approximate surface area is 202 Å². The number of aliphatic carboxylic acids is 2. The molecule has 1 fully saturated rings. The number of carboxylic acids is 2. The lowest BCUT2D eigenvalue weighted by Gasteiger charge is -2.40. The zero-order valence-corrected chi connectivity index (χ0v) is 19.3. The predicted octanol–water partition coefficient (Wildman–Crippen LogP) is 4.04. The zero-order chi connectivity index (χ0) is 27.3. The van der Waals surface area contributed by atoms with Crippen molar-refractivity contribution in [2.24, 2.45) is 0 Å². The number of rotatable bonds is 1. The van der Waals surface area contributed by atoms with Crippen molar-refractivity contribution in [1.29, 1.82) is 0 Å². The number of anilines is 2. The average molecular weight is 522 g/mol. The summed E-state index contributed by atoms with van der Waals surface area (Å²) >= 11 is 0. The number of nitrogens with zero attached hydrogens (tertiary/aromatic N) is 4. The van der Waals surface area contributed by atoms with Crippen LogP contribution in [0.25, 0.3) is 0 Å². The molecule has 8 nitrogen and oxygen atoms in total. The maximum Gasteiger partial charge on any atom is 0.490 e. The Kier molecular flexibility index (Phi) is 8.75. The highest BCUT2D eigenvalue weighted by molar-refractivity contribution is 5.73. The van der Waals surface area contributed by atoms with E-state index in [0.29, 0.717) is 5.41 Å². The largest absolute Gasteiger partial charge is 0.490 e. The first kappa shape index (κ1) is 28.7. The molecule has 2 N–H and O–H groups in total. The molecule has 36 heavy (non-hydrogen) atoms. The molecular formula is C22H24F6N4O4. The number of para-hydroxylation sites is 1. The van der Waals surface area contributed by atoms with E-state index in [1.807, 2.05) is 13.0 Å². The standard InChI is InChI=1S/C18H22N4.2C2HF3O2/c1-14-7-8-17(20-19-14)22-11-9-18(10-12-22)13-21(2)16-6-4-3-5-15(16)18;2*3-2(4,5)1(6)7/h3-8H,9-13H2,1-2H3;2*(H,6,7). The van der Waals surface area contributed by atoms with Crippen molar-refractivity contribution < 1.29 is 46.1 Å². The number of benzene rings is 1. The number of fused-ring (bicyclic) bond motifs is 2. The number of alkyl halides is 6. The monoisotopic (exact) mass is 522 g/mol. The minimum absolute atomic E-state index is 0.319. The van der Waals surface area contributed by atoms with Crippen LogP contribution in [0.4, 0.5) is 37.8 Å². The summed E-state index contributed by atoms with van der Waals surface area (Å²) in [6.07, 6.45) is -7.80. The van der Waals surface area contributed by atoms with Crippen LogP contribution >= 0.6 is 0 Å². The minimum atomic E-state index is -5.08. The molecule has 198 valence electrons. The van der Waals surface area contributed by atoms with Gasteiger partial charge in [0.2, 0.25) is 0 Å². The molecule has 1 aromatic carbocycles. The Bertz CT molecular complexity index is 1030. The van der Waals surface area contributed by atoms with E-state index in [9.17, 15) is 26.3 Å². The van der Waals surface area contributed by atoms with Crippen molar-refractivity contribution in [2.75, 3.05) is 36.5 Å². The molecule has 2 aliphatic rings. The van der Waals surface area contributed by atoms with Crippen LogP contribution in [-0.2, 0) is 15.0 Å². The van der Waals surface area contributed by atoms with Crippen LogP contribution in [-0.4, -0.2) is 71.4 Å². The van der Waals surface area contributed by atoms with Gasteiger partial charge in [-0.05, 0) is 43.5 Å². The van der Waals surface area contributed by atoms with Gasteiger partial charge in [-0.3, -0.25) is 0 Å². The Morgan fingerprint density at radius 1 is 0.889 bits per heavy atom.